The number of ether oxygens (including phenoxy) is 1. The molecule has 0 saturated heterocycles. The number of pyridine rings is 1. The molecular formula is C33H51FN4OS. The first kappa shape index (κ1) is 32.1. The predicted molar refractivity (Wildman–Crippen MR) is 170 cm³/mol. The Hall–Kier alpha value is -2.41. The van der Waals surface area contributed by atoms with Crippen LogP contribution in [0.4, 0.5) is 15.9 Å². The van der Waals surface area contributed by atoms with E-state index >= 15 is 0 Å². The summed E-state index contributed by atoms with van der Waals surface area (Å²) in [6.07, 6.45) is 11.7. The Bertz CT molecular complexity index is 1210. The number of rotatable bonds is 7. The van der Waals surface area contributed by atoms with E-state index in [-0.39, 0.29) is 15.9 Å². The van der Waals surface area contributed by atoms with Crippen molar-refractivity contribution >= 4 is 27.9 Å². The summed E-state index contributed by atoms with van der Waals surface area (Å²) >= 11 is 0. The molecule has 5 nitrogen and oxygen atoms in total. The molecule has 7 heteroatoms. The van der Waals surface area contributed by atoms with Crippen LogP contribution in [-0.2, 0) is 11.2 Å². The van der Waals surface area contributed by atoms with Crippen LogP contribution in [0.3, 0.4) is 0 Å². The monoisotopic (exact) mass is 570 g/mol. The smallest absolute Gasteiger partial charge is 0.237 e. The average molecular weight is 571 g/mol. The van der Waals surface area contributed by atoms with Gasteiger partial charge >= 0.3 is 0 Å². The van der Waals surface area contributed by atoms with Crippen molar-refractivity contribution in [3.05, 3.63) is 53.0 Å². The normalized spacial score (nSPS) is 23.6. The first-order chi connectivity index (χ1) is 19.0. The molecule has 4 atom stereocenters. The van der Waals surface area contributed by atoms with Crippen LogP contribution in [0.2, 0.25) is 0 Å². The second-order valence-electron chi connectivity index (χ2n) is 12.4. The van der Waals surface area contributed by atoms with Crippen LogP contribution in [0, 0.1) is 23.2 Å². The maximum absolute atomic E-state index is 14.9. The highest BCUT2D eigenvalue weighted by atomic mass is 32.2. The first-order valence-electron chi connectivity index (χ1n) is 15.1. The maximum atomic E-state index is 14.9. The molecule has 1 aliphatic carbocycles. The van der Waals surface area contributed by atoms with Crippen molar-refractivity contribution in [2.24, 2.45) is 17.3 Å². The van der Waals surface area contributed by atoms with Crippen LogP contribution in [0.5, 0.6) is 0 Å². The van der Waals surface area contributed by atoms with Crippen LogP contribution in [0.1, 0.15) is 111 Å². The largest absolute Gasteiger partial charge is 0.466 e. The average Bonchev–Trinajstić information content (AvgIpc) is 3.54. The third-order valence-electron chi connectivity index (χ3n) is 7.48. The zero-order valence-electron chi connectivity index (χ0n) is 26.0. The molecule has 2 N–H and O–H groups in total. The van der Waals surface area contributed by atoms with Crippen molar-refractivity contribution in [3.63, 3.8) is 0 Å². The van der Waals surface area contributed by atoms with E-state index in [1.165, 1.54) is 6.42 Å². The Kier molecular flexibility index (Phi) is 11.6. The molecule has 1 fully saturated rings. The molecule has 1 saturated carbocycles. The van der Waals surface area contributed by atoms with Gasteiger partial charge < -0.3 is 10.1 Å². The molecule has 3 heterocycles. The summed E-state index contributed by atoms with van der Waals surface area (Å²) in [5.74, 6) is 8.76. The second kappa shape index (κ2) is 14.5. The molecule has 0 bridgehead atoms. The highest BCUT2D eigenvalue weighted by Crippen LogP contribution is 2.44. The number of hydrogen-bond donors (Lipinski definition) is 2. The van der Waals surface area contributed by atoms with Gasteiger partial charge in [0, 0.05) is 29.0 Å². The minimum Gasteiger partial charge on any atom is -0.466 e. The van der Waals surface area contributed by atoms with Crippen LogP contribution < -0.4 is 5.32 Å². The molecule has 40 heavy (non-hydrogen) atoms. The lowest BCUT2D eigenvalue weighted by Gasteiger charge is -2.26. The summed E-state index contributed by atoms with van der Waals surface area (Å²) < 4.78 is 21.4. The van der Waals surface area contributed by atoms with Crippen LogP contribution >= 0.6 is 10.5 Å². The molecule has 2 aromatic heterocycles. The van der Waals surface area contributed by atoms with Crippen molar-refractivity contribution in [3.8, 4) is 0 Å². The van der Waals surface area contributed by atoms with E-state index in [9.17, 15) is 4.39 Å². The van der Waals surface area contributed by atoms with E-state index in [4.69, 9.17) is 4.74 Å². The lowest BCUT2D eigenvalue weighted by molar-refractivity contribution is 0.186. The fraction of sp³-hybridized carbons (Fsp3) is 0.606. The highest BCUT2D eigenvalue weighted by Gasteiger charge is 2.32. The topological polar surface area (TPSA) is 62.8 Å². The molecule has 1 aliphatic heterocycles. The summed E-state index contributed by atoms with van der Waals surface area (Å²) in [6, 6.07) is 3.93. The standard InChI is InChI=1S/C30H43FN4OS.C3H8/c1-8-10-25(36-26(9-2)30(4,5)6)21-12-11-20(16-21)23-18-27(35-34-23)32-24-17-22-15-19(3)13-14-37(7)29(22)33-28(24)31;1-3-2/h9-10,17-21H,7-8,11-16H2,1-6H3,(H2,32,34,35);3H2,1-2H3/b25-10+,26-9-;. The van der Waals surface area contributed by atoms with E-state index in [1.807, 2.05) is 19.1 Å². The van der Waals surface area contributed by atoms with Gasteiger partial charge in [-0.3, -0.25) is 5.10 Å². The molecule has 4 rings (SSSR count). The Morgan fingerprint density at radius 2 is 1.95 bits per heavy atom. The number of hydrogen-bond acceptors (Lipinski definition) is 4. The lowest BCUT2D eigenvalue weighted by atomic mass is 9.93. The number of fused-ring (bicyclic) bond motifs is 1. The predicted octanol–water partition coefficient (Wildman–Crippen LogP) is 9.89. The van der Waals surface area contributed by atoms with Gasteiger partial charge in [0.25, 0.3) is 0 Å². The Morgan fingerprint density at radius 3 is 2.60 bits per heavy atom. The number of allylic oxidation sites excluding steroid dienone is 4. The molecular weight excluding hydrogens is 519 g/mol. The number of H-pyrrole nitrogens is 1. The van der Waals surface area contributed by atoms with Gasteiger partial charge in [-0.25, -0.2) is 4.98 Å². The summed E-state index contributed by atoms with van der Waals surface area (Å²) in [5.41, 5.74) is 2.54. The van der Waals surface area contributed by atoms with E-state index in [2.05, 4.69) is 87.0 Å². The molecule has 4 unspecified atom stereocenters. The Balaban J connectivity index is 0.00000141. The Labute approximate surface area is 244 Å². The van der Waals surface area contributed by atoms with Crippen molar-refractivity contribution in [1.29, 1.82) is 0 Å². The minimum atomic E-state index is -0.481. The number of nitrogens with zero attached hydrogens (tertiary/aromatic N) is 2. The van der Waals surface area contributed by atoms with Gasteiger partial charge in [0.15, 0.2) is 5.82 Å². The van der Waals surface area contributed by atoms with Crippen LogP contribution in [-0.4, -0.2) is 26.8 Å². The lowest BCUT2D eigenvalue weighted by Crippen LogP contribution is -2.15. The summed E-state index contributed by atoms with van der Waals surface area (Å²) in [4.78, 5) is 4.32. The number of aromatic nitrogens is 3. The van der Waals surface area contributed by atoms with Gasteiger partial charge in [-0.1, -0.05) is 60.8 Å². The molecule has 222 valence electrons. The van der Waals surface area contributed by atoms with Crippen molar-refractivity contribution in [2.45, 2.75) is 111 Å². The third kappa shape index (κ3) is 8.31. The van der Waals surface area contributed by atoms with E-state index < -0.39 is 5.95 Å². The quantitative estimate of drug-likeness (QED) is 0.197. The fourth-order valence-electron chi connectivity index (χ4n) is 5.45. The van der Waals surface area contributed by atoms with Gasteiger partial charge in [0.2, 0.25) is 5.95 Å². The van der Waals surface area contributed by atoms with Gasteiger partial charge in [-0.05, 0) is 80.9 Å². The summed E-state index contributed by atoms with van der Waals surface area (Å²) in [6.45, 7) is 17.2. The van der Waals surface area contributed by atoms with E-state index in [1.54, 1.807) is 0 Å². The molecule has 0 aromatic carbocycles. The fourth-order valence-corrected chi connectivity index (χ4v) is 7.06. The van der Waals surface area contributed by atoms with Crippen molar-refractivity contribution < 1.29 is 9.13 Å². The molecule has 0 amide bonds. The highest BCUT2D eigenvalue weighted by molar-refractivity contribution is 8.14. The van der Waals surface area contributed by atoms with E-state index in [0.29, 0.717) is 29.3 Å². The van der Waals surface area contributed by atoms with Crippen LogP contribution in [0.25, 0.3) is 0 Å². The second-order valence-corrected chi connectivity index (χ2v) is 14.1. The third-order valence-corrected chi connectivity index (χ3v) is 9.11. The van der Waals surface area contributed by atoms with E-state index in [0.717, 1.165) is 72.1 Å². The zero-order chi connectivity index (χ0) is 29.4. The minimum absolute atomic E-state index is 0.0312. The number of anilines is 2. The number of halogens is 1. The summed E-state index contributed by atoms with van der Waals surface area (Å²) in [5, 5.41) is 11.7. The number of nitrogens with one attached hydrogen (secondary N) is 2. The zero-order valence-corrected chi connectivity index (χ0v) is 26.8. The van der Waals surface area contributed by atoms with Gasteiger partial charge in [0.05, 0.1) is 10.7 Å². The molecule has 2 aromatic rings. The van der Waals surface area contributed by atoms with Gasteiger partial charge in [-0.2, -0.15) is 9.49 Å². The molecule has 0 spiro atoms. The van der Waals surface area contributed by atoms with Crippen molar-refractivity contribution in [1.82, 2.24) is 15.2 Å². The SMILES string of the molecule is C=S1CCC(C)Cc2cc(Nc3cc(C4CCC(/C(=C\CC)O/C(=C\C)C(C)(C)C)C4)[nH]n3)c(F)nc21.CCC. The molecule has 2 aliphatic rings. The maximum Gasteiger partial charge on any atom is 0.237 e. The number of aromatic amines is 1. The van der Waals surface area contributed by atoms with Crippen LogP contribution in [0.15, 0.2) is 40.8 Å². The first-order valence-corrected chi connectivity index (χ1v) is 16.6. The van der Waals surface area contributed by atoms with Gasteiger partial charge in [0.1, 0.15) is 11.5 Å². The molecule has 0 radical (unpaired) electrons. The Morgan fingerprint density at radius 1 is 1.23 bits per heavy atom. The summed E-state index contributed by atoms with van der Waals surface area (Å²) in [7, 11) is -0.254. The van der Waals surface area contributed by atoms with Gasteiger partial charge in [-0.15, -0.1) is 10.5 Å². The van der Waals surface area contributed by atoms with Crippen molar-refractivity contribution in [2.75, 3.05) is 11.1 Å².